The van der Waals surface area contributed by atoms with Gasteiger partial charge in [-0.25, -0.2) is 0 Å². The van der Waals surface area contributed by atoms with Gasteiger partial charge in [0.25, 0.3) is 0 Å². The number of amides is 1. The highest BCUT2D eigenvalue weighted by molar-refractivity contribution is 5.93. The molecular weight excluding hydrogens is 500 g/mol. The lowest BCUT2D eigenvalue weighted by atomic mass is 9.82. The first-order valence-electron chi connectivity index (χ1n) is 13.0. The average molecular weight is 533 g/mol. The lowest BCUT2D eigenvalue weighted by Crippen LogP contribution is -2.35. The van der Waals surface area contributed by atoms with Crippen molar-refractivity contribution in [2.45, 2.75) is 25.3 Å². The van der Waals surface area contributed by atoms with Gasteiger partial charge in [-0.15, -0.1) is 0 Å². The second kappa shape index (κ2) is 11.7. The number of ether oxygens (including phenoxy) is 4. The first-order valence-corrected chi connectivity index (χ1v) is 13.0. The van der Waals surface area contributed by atoms with Gasteiger partial charge in [-0.2, -0.15) is 0 Å². The minimum absolute atomic E-state index is 0.00361. The van der Waals surface area contributed by atoms with E-state index in [1.807, 2.05) is 72.5 Å². The number of carbonyl (C=O) groups is 2. The van der Waals surface area contributed by atoms with Crippen LogP contribution in [0.25, 0.3) is 0 Å². The van der Waals surface area contributed by atoms with E-state index in [0.717, 1.165) is 17.5 Å². The number of benzene rings is 3. The molecule has 2 N–H and O–H groups in total. The van der Waals surface area contributed by atoms with Gasteiger partial charge in [0.1, 0.15) is 11.5 Å². The minimum Gasteiger partial charge on any atom is -0.497 e. The number of hydrogen-bond donors (Lipinski definition) is 2. The van der Waals surface area contributed by atoms with Crippen molar-refractivity contribution in [1.82, 2.24) is 4.90 Å². The van der Waals surface area contributed by atoms with Gasteiger partial charge in [-0.05, 0) is 53.9 Å². The molecule has 5 rings (SSSR count). The molecule has 1 saturated heterocycles. The summed E-state index contributed by atoms with van der Waals surface area (Å²) in [6, 6.07) is 19.6. The van der Waals surface area contributed by atoms with Crippen LogP contribution >= 0.6 is 0 Å². The summed E-state index contributed by atoms with van der Waals surface area (Å²) in [6.07, 6.45) is 0.845. The molecule has 3 aromatic carbocycles. The van der Waals surface area contributed by atoms with Crippen molar-refractivity contribution < 1.29 is 33.6 Å². The van der Waals surface area contributed by atoms with Crippen molar-refractivity contribution in [3.05, 3.63) is 77.9 Å². The normalized spacial score (nSPS) is 20.0. The van der Waals surface area contributed by atoms with Crippen LogP contribution in [-0.4, -0.2) is 55.5 Å². The average Bonchev–Trinajstić information content (AvgIpc) is 3.57. The Hall–Kier alpha value is -4.24. The van der Waals surface area contributed by atoms with Gasteiger partial charge < -0.3 is 29.4 Å². The Morgan fingerprint density at radius 2 is 1.77 bits per heavy atom. The van der Waals surface area contributed by atoms with Gasteiger partial charge in [0.15, 0.2) is 11.5 Å². The fourth-order valence-corrected chi connectivity index (χ4v) is 5.35. The molecule has 1 amide bonds. The number of nitrogens with one attached hydrogen (secondary N) is 1. The van der Waals surface area contributed by atoms with E-state index in [4.69, 9.17) is 18.9 Å². The fraction of sp³-hybridized carbons (Fsp3) is 0.333. The highest BCUT2D eigenvalue weighted by Crippen LogP contribution is 2.47. The van der Waals surface area contributed by atoms with Crippen molar-refractivity contribution in [3.8, 4) is 23.0 Å². The van der Waals surface area contributed by atoms with Gasteiger partial charge in [0.2, 0.25) is 12.7 Å². The number of aliphatic carboxylic acids is 1. The third-order valence-electron chi connectivity index (χ3n) is 7.14. The molecule has 9 nitrogen and oxygen atoms in total. The molecule has 1 fully saturated rings. The quantitative estimate of drug-likeness (QED) is 0.387. The summed E-state index contributed by atoms with van der Waals surface area (Å²) in [4.78, 5) is 28.0. The van der Waals surface area contributed by atoms with Crippen LogP contribution in [0.15, 0.2) is 66.7 Å². The molecule has 0 radical (unpaired) electrons. The predicted molar refractivity (Wildman–Crippen MR) is 145 cm³/mol. The summed E-state index contributed by atoms with van der Waals surface area (Å²) in [5, 5.41) is 13.4. The molecule has 2 aliphatic heterocycles. The van der Waals surface area contributed by atoms with Gasteiger partial charge in [0, 0.05) is 18.5 Å². The van der Waals surface area contributed by atoms with Gasteiger partial charge in [-0.1, -0.05) is 37.3 Å². The molecule has 3 atom stereocenters. The van der Waals surface area contributed by atoms with Crippen LogP contribution in [-0.2, 0) is 9.59 Å². The van der Waals surface area contributed by atoms with Crippen molar-refractivity contribution in [3.63, 3.8) is 0 Å². The highest BCUT2D eigenvalue weighted by Gasteiger charge is 2.48. The molecule has 0 saturated carbocycles. The van der Waals surface area contributed by atoms with Crippen molar-refractivity contribution in [1.29, 1.82) is 0 Å². The Bertz CT molecular complexity index is 1330. The van der Waals surface area contributed by atoms with Crippen LogP contribution in [0.1, 0.15) is 36.4 Å². The molecule has 0 bridgehead atoms. The van der Waals surface area contributed by atoms with E-state index in [1.165, 1.54) is 0 Å². The van der Waals surface area contributed by atoms with E-state index in [0.29, 0.717) is 41.8 Å². The number of nitrogens with zero attached hydrogens (tertiary/aromatic N) is 1. The van der Waals surface area contributed by atoms with E-state index in [2.05, 4.69) is 5.32 Å². The van der Waals surface area contributed by atoms with E-state index in [1.54, 1.807) is 13.2 Å². The Morgan fingerprint density at radius 1 is 1.03 bits per heavy atom. The highest BCUT2D eigenvalue weighted by atomic mass is 16.7. The van der Waals surface area contributed by atoms with Gasteiger partial charge >= 0.3 is 5.97 Å². The molecule has 2 heterocycles. The monoisotopic (exact) mass is 532 g/mol. The SMILES string of the molecule is CCCOc1ccccc1NC(=O)CN1CC(c2ccc3c(c2)OCO3)C(C(=O)O)C1c1ccc(OC)cc1. The topological polar surface area (TPSA) is 107 Å². The lowest BCUT2D eigenvalue weighted by molar-refractivity contribution is -0.143. The van der Waals surface area contributed by atoms with Crippen molar-refractivity contribution >= 4 is 17.6 Å². The molecule has 3 aromatic rings. The summed E-state index contributed by atoms with van der Waals surface area (Å²) in [5.74, 6) is 0.138. The summed E-state index contributed by atoms with van der Waals surface area (Å²) >= 11 is 0. The first-order chi connectivity index (χ1) is 19.0. The van der Waals surface area contributed by atoms with Crippen LogP contribution in [0.4, 0.5) is 5.69 Å². The predicted octanol–water partition coefficient (Wildman–Crippen LogP) is 4.69. The third kappa shape index (κ3) is 5.63. The maximum atomic E-state index is 13.3. The van der Waals surface area contributed by atoms with Crippen LogP contribution in [0.3, 0.4) is 0 Å². The Morgan fingerprint density at radius 3 is 2.51 bits per heavy atom. The number of likely N-dealkylation sites (tertiary alicyclic amines) is 1. The van der Waals surface area contributed by atoms with E-state index in [9.17, 15) is 14.7 Å². The van der Waals surface area contributed by atoms with Crippen molar-refractivity contribution in [2.75, 3.05) is 38.9 Å². The number of fused-ring (bicyclic) bond motifs is 1. The number of para-hydroxylation sites is 2. The Balaban J connectivity index is 1.45. The number of hydrogen-bond acceptors (Lipinski definition) is 7. The summed E-state index contributed by atoms with van der Waals surface area (Å²) in [7, 11) is 1.58. The van der Waals surface area contributed by atoms with E-state index < -0.39 is 17.9 Å². The molecule has 0 aliphatic carbocycles. The number of rotatable bonds is 10. The van der Waals surface area contributed by atoms with Crippen LogP contribution in [0.5, 0.6) is 23.0 Å². The van der Waals surface area contributed by atoms with E-state index >= 15 is 0 Å². The maximum Gasteiger partial charge on any atom is 0.309 e. The van der Waals surface area contributed by atoms with Gasteiger partial charge in [-0.3, -0.25) is 14.5 Å². The number of carboxylic acids is 1. The van der Waals surface area contributed by atoms with E-state index in [-0.39, 0.29) is 25.2 Å². The second-order valence-corrected chi connectivity index (χ2v) is 9.62. The standard InChI is InChI=1S/C30H32N2O7/c1-3-14-37-24-7-5-4-6-23(24)31-27(33)17-32-16-22(20-10-13-25-26(15-20)39-18-38-25)28(30(34)35)29(32)19-8-11-21(36-2)12-9-19/h4-13,15,22,28-29H,3,14,16-18H2,1-2H3,(H,31,33)(H,34,35). The lowest BCUT2D eigenvalue weighted by Gasteiger charge is -2.27. The molecule has 39 heavy (non-hydrogen) atoms. The van der Waals surface area contributed by atoms with Crippen molar-refractivity contribution in [2.24, 2.45) is 5.92 Å². The minimum atomic E-state index is -0.931. The second-order valence-electron chi connectivity index (χ2n) is 9.62. The van der Waals surface area contributed by atoms with Crippen LogP contribution in [0.2, 0.25) is 0 Å². The zero-order valence-electron chi connectivity index (χ0n) is 22.0. The zero-order valence-corrected chi connectivity index (χ0v) is 22.0. The Labute approximate surface area is 227 Å². The molecule has 0 spiro atoms. The fourth-order valence-electron chi connectivity index (χ4n) is 5.35. The molecular formula is C30H32N2O7. The molecule has 204 valence electrons. The number of carbonyl (C=O) groups excluding carboxylic acids is 1. The number of anilines is 1. The summed E-state index contributed by atoms with van der Waals surface area (Å²) in [5.41, 5.74) is 2.20. The molecule has 9 heteroatoms. The molecule has 3 unspecified atom stereocenters. The first kappa shape index (κ1) is 26.4. The van der Waals surface area contributed by atoms with Gasteiger partial charge in [0.05, 0.1) is 31.9 Å². The maximum absolute atomic E-state index is 13.3. The molecule has 2 aliphatic rings. The zero-order chi connectivity index (χ0) is 27.4. The summed E-state index contributed by atoms with van der Waals surface area (Å²) in [6.45, 7) is 3.06. The number of carboxylic acid groups (broad SMARTS) is 1. The number of methoxy groups -OCH3 is 1. The smallest absolute Gasteiger partial charge is 0.309 e. The third-order valence-corrected chi connectivity index (χ3v) is 7.14. The van der Waals surface area contributed by atoms with Crippen LogP contribution in [0, 0.1) is 5.92 Å². The van der Waals surface area contributed by atoms with Crippen LogP contribution < -0.4 is 24.3 Å². The molecule has 0 aromatic heterocycles. The summed E-state index contributed by atoms with van der Waals surface area (Å²) < 4.78 is 22.1. The Kier molecular flexibility index (Phi) is 7.88. The largest absolute Gasteiger partial charge is 0.497 e.